The van der Waals surface area contributed by atoms with Crippen LogP contribution in [-0.2, 0) is 4.43 Å². The Morgan fingerprint density at radius 3 is 2.31 bits per heavy atom. The van der Waals surface area contributed by atoms with Gasteiger partial charge < -0.3 is 4.43 Å². The van der Waals surface area contributed by atoms with Crippen molar-refractivity contribution in [3.05, 3.63) is 41.4 Å². The molecule has 0 fully saturated rings. The van der Waals surface area contributed by atoms with Gasteiger partial charge in [0.1, 0.15) is 0 Å². The van der Waals surface area contributed by atoms with Gasteiger partial charge in [-0.2, -0.15) is 0 Å². The molecule has 1 aromatic rings. The molecular formula is C13H19ClOSi. The third-order valence-electron chi connectivity index (χ3n) is 2.19. The van der Waals surface area contributed by atoms with Crippen molar-refractivity contribution in [1.82, 2.24) is 0 Å². The minimum absolute atomic E-state index is 0.759. The highest BCUT2D eigenvalue weighted by molar-refractivity contribution is 6.69. The average Bonchev–Trinajstić information content (AvgIpc) is 2.16. The summed E-state index contributed by atoms with van der Waals surface area (Å²) >= 11 is 5.83. The Morgan fingerprint density at radius 1 is 1.25 bits per heavy atom. The summed E-state index contributed by atoms with van der Waals surface area (Å²) in [5.74, 6) is 0. The van der Waals surface area contributed by atoms with Crippen molar-refractivity contribution in [2.24, 2.45) is 0 Å². The molecule has 0 radical (unpaired) electrons. The van der Waals surface area contributed by atoms with E-state index >= 15 is 0 Å². The highest BCUT2D eigenvalue weighted by Crippen LogP contribution is 2.19. The van der Waals surface area contributed by atoms with Gasteiger partial charge in [0.05, 0.1) is 0 Å². The zero-order valence-electron chi connectivity index (χ0n) is 10.2. The second kappa shape index (κ2) is 5.67. The van der Waals surface area contributed by atoms with E-state index in [2.05, 4.69) is 26.2 Å². The van der Waals surface area contributed by atoms with Crippen LogP contribution in [0.15, 0.2) is 30.8 Å². The molecule has 1 rings (SSSR count). The van der Waals surface area contributed by atoms with E-state index in [1.807, 2.05) is 24.3 Å². The minimum Gasteiger partial charge on any atom is -0.417 e. The lowest BCUT2D eigenvalue weighted by molar-refractivity contribution is 0.321. The first-order chi connectivity index (χ1) is 7.38. The van der Waals surface area contributed by atoms with E-state index in [1.54, 1.807) is 0 Å². The first-order valence-electron chi connectivity index (χ1n) is 5.46. The molecule has 0 aliphatic carbocycles. The van der Waals surface area contributed by atoms with Crippen LogP contribution in [-0.4, -0.2) is 14.9 Å². The van der Waals surface area contributed by atoms with E-state index in [4.69, 9.17) is 16.0 Å². The van der Waals surface area contributed by atoms with Gasteiger partial charge in [-0.3, -0.25) is 0 Å². The van der Waals surface area contributed by atoms with E-state index < -0.39 is 8.32 Å². The molecule has 0 heterocycles. The van der Waals surface area contributed by atoms with E-state index in [9.17, 15) is 0 Å². The molecule has 0 bridgehead atoms. The third kappa shape index (κ3) is 4.97. The fourth-order valence-electron chi connectivity index (χ4n) is 1.31. The van der Waals surface area contributed by atoms with Gasteiger partial charge >= 0.3 is 0 Å². The molecular weight excluding hydrogens is 236 g/mol. The van der Waals surface area contributed by atoms with E-state index in [0.717, 1.165) is 29.2 Å². The Morgan fingerprint density at radius 2 is 1.81 bits per heavy atom. The average molecular weight is 255 g/mol. The Balaban J connectivity index is 2.44. The number of rotatable bonds is 5. The van der Waals surface area contributed by atoms with Crippen LogP contribution in [0.2, 0.25) is 24.7 Å². The van der Waals surface area contributed by atoms with Crippen LogP contribution in [0.3, 0.4) is 0 Å². The van der Waals surface area contributed by atoms with Crippen LogP contribution in [0, 0.1) is 0 Å². The van der Waals surface area contributed by atoms with Crippen LogP contribution < -0.4 is 0 Å². The smallest absolute Gasteiger partial charge is 0.183 e. The molecule has 16 heavy (non-hydrogen) atoms. The molecule has 1 aromatic carbocycles. The summed E-state index contributed by atoms with van der Waals surface area (Å²) < 4.78 is 5.80. The molecule has 0 saturated heterocycles. The predicted octanol–water partition coefficient (Wildman–Crippen LogP) is 4.59. The van der Waals surface area contributed by atoms with Crippen LogP contribution in [0.5, 0.6) is 0 Å². The Hall–Kier alpha value is -0.573. The standard InChI is InChI=1S/C13H19ClOSi/c1-11(9-10-15-16(2,3)4)12-5-7-13(14)8-6-12/h5-8H,1,9-10H2,2-4H3. The lowest BCUT2D eigenvalue weighted by atomic mass is 10.1. The predicted molar refractivity (Wildman–Crippen MR) is 74.4 cm³/mol. The number of benzene rings is 1. The summed E-state index contributed by atoms with van der Waals surface area (Å²) in [6.45, 7) is 11.4. The summed E-state index contributed by atoms with van der Waals surface area (Å²) in [5.41, 5.74) is 2.25. The molecule has 0 N–H and O–H groups in total. The quantitative estimate of drug-likeness (QED) is 0.698. The van der Waals surface area contributed by atoms with Crippen molar-refractivity contribution in [3.63, 3.8) is 0 Å². The summed E-state index contributed by atoms with van der Waals surface area (Å²) in [4.78, 5) is 0. The van der Waals surface area contributed by atoms with Crippen molar-refractivity contribution in [2.45, 2.75) is 26.1 Å². The Labute approximate surface area is 104 Å². The number of hydrogen-bond donors (Lipinski definition) is 0. The second-order valence-electron chi connectivity index (χ2n) is 4.82. The summed E-state index contributed by atoms with van der Waals surface area (Å²) in [6.07, 6.45) is 0.881. The first-order valence-corrected chi connectivity index (χ1v) is 9.25. The monoisotopic (exact) mass is 254 g/mol. The van der Waals surface area contributed by atoms with Crippen LogP contribution >= 0.6 is 11.6 Å². The van der Waals surface area contributed by atoms with Gasteiger partial charge in [0, 0.05) is 11.6 Å². The molecule has 0 unspecified atom stereocenters. The maximum absolute atomic E-state index is 5.83. The van der Waals surface area contributed by atoms with E-state index in [-0.39, 0.29) is 0 Å². The summed E-state index contributed by atoms with van der Waals surface area (Å²) in [7, 11) is -1.40. The highest BCUT2D eigenvalue weighted by atomic mass is 35.5. The van der Waals surface area contributed by atoms with Gasteiger partial charge in [-0.25, -0.2) is 0 Å². The SMILES string of the molecule is C=C(CCO[Si](C)(C)C)c1ccc(Cl)cc1. The molecule has 3 heteroatoms. The molecule has 0 aliphatic rings. The Bertz CT molecular complexity index is 351. The van der Waals surface area contributed by atoms with Gasteiger partial charge in [0.15, 0.2) is 8.32 Å². The lowest BCUT2D eigenvalue weighted by Crippen LogP contribution is -2.25. The zero-order valence-corrected chi connectivity index (χ0v) is 12.0. The first kappa shape index (κ1) is 13.5. The van der Waals surface area contributed by atoms with Crippen molar-refractivity contribution >= 4 is 25.5 Å². The van der Waals surface area contributed by atoms with Crippen LogP contribution in [0.25, 0.3) is 5.57 Å². The van der Waals surface area contributed by atoms with E-state index in [0.29, 0.717) is 0 Å². The Kier molecular flexibility index (Phi) is 4.78. The molecule has 0 aliphatic heterocycles. The normalized spacial score (nSPS) is 11.5. The lowest BCUT2D eigenvalue weighted by Gasteiger charge is -2.17. The molecule has 0 spiro atoms. The van der Waals surface area contributed by atoms with Gasteiger partial charge in [-0.15, -0.1) is 0 Å². The summed E-state index contributed by atoms with van der Waals surface area (Å²) in [6, 6.07) is 7.78. The van der Waals surface area contributed by atoms with Gasteiger partial charge in [-0.1, -0.05) is 30.3 Å². The second-order valence-corrected chi connectivity index (χ2v) is 9.77. The fraction of sp³-hybridized carbons (Fsp3) is 0.385. The van der Waals surface area contributed by atoms with Gasteiger partial charge in [0.2, 0.25) is 0 Å². The largest absolute Gasteiger partial charge is 0.417 e. The minimum atomic E-state index is -1.40. The van der Waals surface area contributed by atoms with Crippen molar-refractivity contribution in [2.75, 3.05) is 6.61 Å². The fourth-order valence-corrected chi connectivity index (χ4v) is 2.15. The number of hydrogen-bond acceptors (Lipinski definition) is 1. The zero-order chi connectivity index (χ0) is 12.2. The van der Waals surface area contributed by atoms with E-state index in [1.165, 1.54) is 0 Å². The summed E-state index contributed by atoms with van der Waals surface area (Å²) in [5, 5.41) is 0.759. The molecule has 0 amide bonds. The van der Waals surface area contributed by atoms with Crippen molar-refractivity contribution in [1.29, 1.82) is 0 Å². The van der Waals surface area contributed by atoms with Crippen LogP contribution in [0.4, 0.5) is 0 Å². The van der Waals surface area contributed by atoms with Gasteiger partial charge in [-0.05, 0) is 49.3 Å². The van der Waals surface area contributed by atoms with Crippen LogP contribution in [0.1, 0.15) is 12.0 Å². The molecule has 0 aromatic heterocycles. The molecule has 88 valence electrons. The van der Waals surface area contributed by atoms with Crippen molar-refractivity contribution in [3.8, 4) is 0 Å². The topological polar surface area (TPSA) is 9.23 Å². The highest BCUT2D eigenvalue weighted by Gasteiger charge is 2.13. The van der Waals surface area contributed by atoms with Gasteiger partial charge in [0.25, 0.3) is 0 Å². The maximum Gasteiger partial charge on any atom is 0.183 e. The maximum atomic E-state index is 5.83. The molecule has 0 saturated carbocycles. The van der Waals surface area contributed by atoms with Crippen molar-refractivity contribution < 1.29 is 4.43 Å². The number of halogens is 1. The molecule has 0 atom stereocenters. The third-order valence-corrected chi connectivity index (χ3v) is 3.51. The molecule has 1 nitrogen and oxygen atoms in total.